The van der Waals surface area contributed by atoms with Gasteiger partial charge in [0.25, 0.3) is 5.91 Å². The maximum Gasteiger partial charge on any atom is 0.257 e. The van der Waals surface area contributed by atoms with Crippen molar-refractivity contribution in [3.63, 3.8) is 0 Å². The van der Waals surface area contributed by atoms with Gasteiger partial charge in [0.1, 0.15) is 17.4 Å². The summed E-state index contributed by atoms with van der Waals surface area (Å²) in [5.41, 5.74) is 8.59. The van der Waals surface area contributed by atoms with E-state index in [2.05, 4.69) is 27.8 Å². The SMILES string of the molecule is COc1cc(-c2cccc(-c3cccc(Nc4nccc5c4C(=O)N(C)CC5)c3C)c2C)cc(F)c1CNC[C@@H](C)O. The van der Waals surface area contributed by atoms with Crippen molar-refractivity contribution in [1.82, 2.24) is 15.2 Å². The molecule has 8 heteroatoms. The van der Waals surface area contributed by atoms with Crippen LogP contribution in [0.25, 0.3) is 22.3 Å². The number of carbonyl (C=O) groups excluding carboxylic acids is 1. The average Bonchev–Trinajstić information content (AvgIpc) is 2.97. The third-order valence-corrected chi connectivity index (χ3v) is 7.95. The van der Waals surface area contributed by atoms with Gasteiger partial charge in [-0.1, -0.05) is 30.3 Å². The minimum Gasteiger partial charge on any atom is -0.496 e. The van der Waals surface area contributed by atoms with Gasteiger partial charge in [0.2, 0.25) is 0 Å². The Kier molecular flexibility index (Phi) is 8.56. The van der Waals surface area contributed by atoms with Crippen molar-refractivity contribution in [3.8, 4) is 28.0 Å². The topological polar surface area (TPSA) is 86.7 Å². The van der Waals surface area contributed by atoms with E-state index in [-0.39, 0.29) is 18.3 Å². The van der Waals surface area contributed by atoms with Crippen molar-refractivity contribution in [2.24, 2.45) is 0 Å². The normalized spacial score (nSPS) is 13.6. The van der Waals surface area contributed by atoms with E-state index in [1.165, 1.54) is 13.2 Å². The van der Waals surface area contributed by atoms with E-state index in [9.17, 15) is 9.90 Å². The number of pyridine rings is 1. The van der Waals surface area contributed by atoms with E-state index < -0.39 is 6.10 Å². The van der Waals surface area contributed by atoms with E-state index in [4.69, 9.17) is 4.74 Å². The molecule has 7 nitrogen and oxygen atoms in total. The molecule has 1 aromatic heterocycles. The third-order valence-electron chi connectivity index (χ3n) is 7.95. The molecule has 42 heavy (non-hydrogen) atoms. The molecule has 0 unspecified atom stereocenters. The summed E-state index contributed by atoms with van der Waals surface area (Å²) in [6.07, 6.45) is 2.01. The van der Waals surface area contributed by atoms with E-state index in [1.807, 2.05) is 57.3 Å². The Hall–Kier alpha value is -4.27. The second kappa shape index (κ2) is 12.3. The van der Waals surface area contributed by atoms with Gasteiger partial charge in [-0.25, -0.2) is 9.37 Å². The molecule has 4 aromatic rings. The number of aromatic nitrogens is 1. The molecule has 3 aromatic carbocycles. The number of methoxy groups -OCH3 is 1. The zero-order valence-corrected chi connectivity index (χ0v) is 24.7. The molecule has 0 fully saturated rings. The number of halogens is 1. The standard InChI is InChI=1S/C34H37FN4O3/c1-20(40)18-36-19-28-29(35)16-24(17-31(28)42-5)25-8-6-9-26(21(25)2)27-10-7-11-30(22(27)3)38-33-32-23(12-14-37-33)13-15-39(4)34(32)41/h6-12,14,16-17,20,36,40H,13,15,18-19H2,1-5H3,(H,37,38)/t20-/m1/s1. The van der Waals surface area contributed by atoms with Crippen molar-refractivity contribution in [2.45, 2.75) is 39.8 Å². The van der Waals surface area contributed by atoms with Crippen molar-refractivity contribution in [3.05, 3.63) is 94.4 Å². The number of carbonyl (C=O) groups is 1. The highest BCUT2D eigenvalue weighted by atomic mass is 19.1. The van der Waals surface area contributed by atoms with Gasteiger partial charge < -0.3 is 25.4 Å². The van der Waals surface area contributed by atoms with Gasteiger partial charge in [-0.3, -0.25) is 4.79 Å². The van der Waals surface area contributed by atoms with Crippen LogP contribution in [-0.4, -0.2) is 54.2 Å². The summed E-state index contributed by atoms with van der Waals surface area (Å²) in [6, 6.07) is 17.4. The Morgan fingerprint density at radius 2 is 1.79 bits per heavy atom. The predicted octanol–water partition coefficient (Wildman–Crippen LogP) is 6.02. The van der Waals surface area contributed by atoms with Gasteiger partial charge in [-0.2, -0.15) is 0 Å². The number of ether oxygens (including phenoxy) is 1. The predicted molar refractivity (Wildman–Crippen MR) is 165 cm³/mol. The molecule has 0 spiro atoms. The Labute approximate surface area is 246 Å². The lowest BCUT2D eigenvalue weighted by Gasteiger charge is -2.26. The fraction of sp³-hybridized carbons (Fsp3) is 0.294. The zero-order valence-electron chi connectivity index (χ0n) is 24.7. The van der Waals surface area contributed by atoms with Gasteiger partial charge >= 0.3 is 0 Å². The van der Waals surface area contributed by atoms with Crippen molar-refractivity contribution >= 4 is 17.4 Å². The molecule has 2 heterocycles. The highest BCUT2D eigenvalue weighted by Gasteiger charge is 2.26. The second-order valence-electron chi connectivity index (χ2n) is 10.9. The highest BCUT2D eigenvalue weighted by Crippen LogP contribution is 2.38. The molecule has 1 aliphatic heterocycles. The van der Waals surface area contributed by atoms with Crippen LogP contribution >= 0.6 is 0 Å². The minimum absolute atomic E-state index is 0.0309. The van der Waals surface area contributed by atoms with Gasteiger partial charge in [0.15, 0.2) is 0 Å². The molecular formula is C34H37FN4O3. The van der Waals surface area contributed by atoms with Crippen molar-refractivity contribution < 1.29 is 19.0 Å². The summed E-state index contributed by atoms with van der Waals surface area (Å²) in [4.78, 5) is 19.2. The number of nitrogens with one attached hydrogen (secondary N) is 2. The smallest absolute Gasteiger partial charge is 0.257 e. The number of amides is 1. The van der Waals surface area contributed by atoms with Crippen LogP contribution in [0, 0.1) is 19.7 Å². The Bertz CT molecular complexity index is 1640. The van der Waals surface area contributed by atoms with Crippen LogP contribution in [0.15, 0.2) is 60.8 Å². The lowest BCUT2D eigenvalue weighted by Crippen LogP contribution is -2.34. The molecule has 0 bridgehead atoms. The molecule has 1 aliphatic rings. The maximum atomic E-state index is 15.3. The first-order chi connectivity index (χ1) is 20.2. The third kappa shape index (κ3) is 5.73. The number of aliphatic hydroxyl groups excluding tert-OH is 1. The summed E-state index contributed by atoms with van der Waals surface area (Å²) in [5, 5.41) is 16.0. The van der Waals surface area contributed by atoms with Gasteiger partial charge in [0, 0.05) is 44.1 Å². The van der Waals surface area contributed by atoms with E-state index in [0.717, 1.165) is 51.1 Å². The van der Waals surface area contributed by atoms with Crippen molar-refractivity contribution in [1.29, 1.82) is 0 Å². The molecule has 0 saturated heterocycles. The molecule has 0 saturated carbocycles. The zero-order chi connectivity index (χ0) is 30.0. The number of likely N-dealkylation sites (N-methyl/N-ethyl adjacent to an activating group) is 1. The quantitative estimate of drug-likeness (QED) is 0.229. The molecule has 0 aliphatic carbocycles. The maximum absolute atomic E-state index is 15.3. The number of anilines is 2. The number of hydrogen-bond acceptors (Lipinski definition) is 6. The monoisotopic (exact) mass is 568 g/mol. The first kappa shape index (κ1) is 29.2. The van der Waals surface area contributed by atoms with Crippen LogP contribution in [0.4, 0.5) is 15.9 Å². The van der Waals surface area contributed by atoms with Gasteiger partial charge in [0.05, 0.1) is 18.8 Å². The largest absolute Gasteiger partial charge is 0.496 e. The van der Waals surface area contributed by atoms with E-state index >= 15 is 4.39 Å². The minimum atomic E-state index is -0.528. The lowest BCUT2D eigenvalue weighted by molar-refractivity contribution is 0.0781. The second-order valence-corrected chi connectivity index (χ2v) is 10.9. The molecule has 3 N–H and O–H groups in total. The van der Waals surface area contributed by atoms with Crippen LogP contribution in [0.2, 0.25) is 0 Å². The van der Waals surface area contributed by atoms with Crippen LogP contribution in [0.3, 0.4) is 0 Å². The molecular weight excluding hydrogens is 531 g/mol. The van der Waals surface area contributed by atoms with Gasteiger partial charge in [-0.05, 0) is 90.4 Å². The fourth-order valence-corrected chi connectivity index (χ4v) is 5.58. The lowest BCUT2D eigenvalue weighted by atomic mass is 9.90. The Morgan fingerprint density at radius 1 is 1.07 bits per heavy atom. The molecule has 1 atom stereocenters. The average molecular weight is 569 g/mol. The first-order valence-electron chi connectivity index (χ1n) is 14.1. The van der Waals surface area contributed by atoms with Crippen LogP contribution in [0.1, 0.15) is 39.5 Å². The summed E-state index contributed by atoms with van der Waals surface area (Å²) >= 11 is 0. The van der Waals surface area contributed by atoms with E-state index in [1.54, 1.807) is 18.0 Å². The number of aliphatic hydroxyl groups is 1. The van der Waals surface area contributed by atoms with Crippen LogP contribution in [-0.2, 0) is 13.0 Å². The Morgan fingerprint density at radius 3 is 2.52 bits per heavy atom. The fourth-order valence-electron chi connectivity index (χ4n) is 5.58. The van der Waals surface area contributed by atoms with Crippen molar-refractivity contribution in [2.75, 3.05) is 32.6 Å². The summed E-state index contributed by atoms with van der Waals surface area (Å²) in [6.45, 7) is 7.06. The summed E-state index contributed by atoms with van der Waals surface area (Å²) in [7, 11) is 3.35. The molecule has 0 radical (unpaired) electrons. The summed E-state index contributed by atoms with van der Waals surface area (Å²) in [5.74, 6) is 0.611. The molecule has 5 rings (SSSR count). The highest BCUT2D eigenvalue weighted by molar-refractivity contribution is 6.01. The van der Waals surface area contributed by atoms with Crippen LogP contribution in [0.5, 0.6) is 5.75 Å². The van der Waals surface area contributed by atoms with E-state index in [0.29, 0.717) is 35.8 Å². The van der Waals surface area contributed by atoms with Crippen LogP contribution < -0.4 is 15.4 Å². The number of hydrogen-bond donors (Lipinski definition) is 3. The Balaban J connectivity index is 1.50. The summed E-state index contributed by atoms with van der Waals surface area (Å²) < 4.78 is 20.9. The number of fused-ring (bicyclic) bond motifs is 1. The van der Waals surface area contributed by atoms with Gasteiger partial charge in [-0.15, -0.1) is 0 Å². The first-order valence-corrected chi connectivity index (χ1v) is 14.1. The molecule has 1 amide bonds. The number of nitrogens with zero attached hydrogens (tertiary/aromatic N) is 2. The number of benzene rings is 3. The molecule has 218 valence electrons. The number of rotatable bonds is 9.